The van der Waals surface area contributed by atoms with Crippen LogP contribution in [0.2, 0.25) is 0 Å². The van der Waals surface area contributed by atoms with Crippen LogP contribution in [0.15, 0.2) is 12.2 Å². The Bertz CT molecular complexity index is 214. The van der Waals surface area contributed by atoms with Gasteiger partial charge in [0.15, 0.2) is 0 Å². The van der Waals surface area contributed by atoms with E-state index in [1.54, 1.807) is 0 Å². The first-order valence-corrected chi connectivity index (χ1v) is 4.50. The van der Waals surface area contributed by atoms with Crippen molar-refractivity contribution in [3.8, 4) is 0 Å². The van der Waals surface area contributed by atoms with Gasteiger partial charge in [-0.15, -0.1) is 0 Å². The Morgan fingerprint density at radius 1 is 1.17 bits per heavy atom. The molecule has 3 rings (SSSR count). The molecule has 66 valence electrons. The molecule has 0 spiro atoms. The van der Waals surface area contributed by atoms with Gasteiger partial charge in [-0.2, -0.15) is 0 Å². The second kappa shape index (κ2) is 2.55. The lowest BCUT2D eigenvalue weighted by Gasteiger charge is -2.13. The number of hydrogen-bond donors (Lipinski definition) is 0. The van der Waals surface area contributed by atoms with Gasteiger partial charge in [0.05, 0.1) is 6.10 Å². The fraction of sp³-hybridized carbons (Fsp3) is 0.778. The van der Waals surface area contributed by atoms with E-state index in [2.05, 4.69) is 12.2 Å². The minimum atomic E-state index is 0.144. The molecule has 3 nitrogen and oxygen atoms in total. The summed E-state index contributed by atoms with van der Waals surface area (Å²) in [7, 11) is 0. The maximum atomic E-state index is 5.75. The molecule has 12 heavy (non-hydrogen) atoms. The van der Waals surface area contributed by atoms with Gasteiger partial charge < -0.3 is 14.2 Å². The average Bonchev–Trinajstić information content (AvgIpc) is 2.53. The van der Waals surface area contributed by atoms with E-state index < -0.39 is 0 Å². The van der Waals surface area contributed by atoms with Crippen LogP contribution in [-0.4, -0.2) is 31.2 Å². The van der Waals surface area contributed by atoms with Crippen molar-refractivity contribution in [3.05, 3.63) is 12.2 Å². The summed E-state index contributed by atoms with van der Waals surface area (Å²) in [6.45, 7) is 0.444. The zero-order chi connectivity index (χ0) is 7.97. The van der Waals surface area contributed by atoms with Gasteiger partial charge in [0.25, 0.3) is 0 Å². The molecule has 0 saturated carbocycles. The Morgan fingerprint density at radius 3 is 3.08 bits per heavy atom. The summed E-state index contributed by atoms with van der Waals surface area (Å²) >= 11 is 0. The lowest BCUT2D eigenvalue weighted by molar-refractivity contribution is -0.0600. The van der Waals surface area contributed by atoms with Crippen molar-refractivity contribution in [3.63, 3.8) is 0 Å². The molecule has 0 amide bonds. The molecule has 0 aromatic heterocycles. The van der Waals surface area contributed by atoms with Crippen LogP contribution in [0.3, 0.4) is 0 Å². The fourth-order valence-corrected chi connectivity index (χ4v) is 2.22. The Labute approximate surface area is 71.3 Å². The molecular formula is C9H12O3. The molecule has 0 radical (unpaired) electrons. The quantitative estimate of drug-likeness (QED) is 0.502. The number of allylic oxidation sites excluding steroid dienone is 1. The normalized spacial score (nSPS) is 50.7. The number of fused-ring (bicyclic) bond motifs is 5. The average molecular weight is 168 g/mol. The zero-order valence-electron chi connectivity index (χ0n) is 6.81. The lowest BCUT2D eigenvalue weighted by Crippen LogP contribution is -2.29. The van der Waals surface area contributed by atoms with Gasteiger partial charge in [-0.1, -0.05) is 12.2 Å². The van der Waals surface area contributed by atoms with Crippen molar-refractivity contribution < 1.29 is 14.2 Å². The molecule has 2 fully saturated rings. The van der Waals surface area contributed by atoms with Gasteiger partial charge in [0.1, 0.15) is 25.1 Å². The summed E-state index contributed by atoms with van der Waals surface area (Å²) in [5.74, 6) is 0. The molecular weight excluding hydrogens is 156 g/mol. The monoisotopic (exact) mass is 168 g/mol. The van der Waals surface area contributed by atoms with Crippen LogP contribution in [0.4, 0.5) is 0 Å². The molecule has 0 aliphatic carbocycles. The molecule has 0 aromatic carbocycles. The van der Waals surface area contributed by atoms with E-state index in [0.29, 0.717) is 6.79 Å². The van der Waals surface area contributed by atoms with Crippen molar-refractivity contribution in [2.75, 3.05) is 6.79 Å². The molecule has 0 aromatic rings. The van der Waals surface area contributed by atoms with Crippen molar-refractivity contribution >= 4 is 0 Å². The van der Waals surface area contributed by atoms with Crippen LogP contribution in [0, 0.1) is 0 Å². The highest BCUT2D eigenvalue weighted by Crippen LogP contribution is 2.35. The largest absolute Gasteiger partial charge is 0.365 e. The second-order valence-electron chi connectivity index (χ2n) is 3.53. The van der Waals surface area contributed by atoms with Gasteiger partial charge in [0, 0.05) is 0 Å². The summed E-state index contributed by atoms with van der Waals surface area (Å²) < 4.78 is 16.7. The molecule has 3 aliphatic rings. The SMILES string of the molecule is C1=CC2OC(CC1)C1OCOC21. The van der Waals surface area contributed by atoms with Crippen molar-refractivity contribution in [2.24, 2.45) is 0 Å². The van der Waals surface area contributed by atoms with Gasteiger partial charge in [-0.25, -0.2) is 0 Å². The predicted octanol–water partition coefficient (Wildman–Crippen LogP) is 0.845. The molecule has 4 atom stereocenters. The Morgan fingerprint density at radius 2 is 2.08 bits per heavy atom. The van der Waals surface area contributed by atoms with Crippen LogP contribution >= 0.6 is 0 Å². The van der Waals surface area contributed by atoms with E-state index in [1.807, 2.05) is 0 Å². The van der Waals surface area contributed by atoms with E-state index in [9.17, 15) is 0 Å². The number of ether oxygens (including phenoxy) is 3. The van der Waals surface area contributed by atoms with Crippen LogP contribution in [0.1, 0.15) is 12.8 Å². The van der Waals surface area contributed by atoms with Crippen molar-refractivity contribution in [2.45, 2.75) is 37.3 Å². The summed E-state index contributed by atoms with van der Waals surface area (Å²) in [5.41, 5.74) is 0. The van der Waals surface area contributed by atoms with E-state index in [-0.39, 0.29) is 24.4 Å². The molecule has 0 N–H and O–H groups in total. The topological polar surface area (TPSA) is 27.7 Å². The first kappa shape index (κ1) is 7.06. The Hall–Kier alpha value is -0.380. The fourth-order valence-electron chi connectivity index (χ4n) is 2.22. The second-order valence-corrected chi connectivity index (χ2v) is 3.53. The summed E-state index contributed by atoms with van der Waals surface area (Å²) in [5, 5.41) is 0. The smallest absolute Gasteiger partial charge is 0.148 e. The number of rotatable bonds is 0. The highest BCUT2D eigenvalue weighted by molar-refractivity contribution is 5.07. The molecule has 4 unspecified atom stereocenters. The summed E-state index contributed by atoms with van der Waals surface area (Å²) in [6.07, 6.45) is 7.22. The minimum Gasteiger partial charge on any atom is -0.365 e. The van der Waals surface area contributed by atoms with E-state index in [0.717, 1.165) is 12.8 Å². The van der Waals surface area contributed by atoms with Crippen LogP contribution in [0.25, 0.3) is 0 Å². The van der Waals surface area contributed by atoms with E-state index >= 15 is 0 Å². The maximum Gasteiger partial charge on any atom is 0.148 e. The number of hydrogen-bond acceptors (Lipinski definition) is 3. The van der Waals surface area contributed by atoms with Crippen molar-refractivity contribution in [1.82, 2.24) is 0 Å². The van der Waals surface area contributed by atoms with Gasteiger partial charge in [0.2, 0.25) is 0 Å². The molecule has 3 heterocycles. The lowest BCUT2D eigenvalue weighted by atomic mass is 10.0. The zero-order valence-corrected chi connectivity index (χ0v) is 6.81. The predicted molar refractivity (Wildman–Crippen MR) is 41.6 cm³/mol. The van der Waals surface area contributed by atoms with Crippen LogP contribution in [-0.2, 0) is 14.2 Å². The molecule has 2 bridgehead atoms. The van der Waals surface area contributed by atoms with Crippen LogP contribution in [0.5, 0.6) is 0 Å². The third kappa shape index (κ3) is 0.873. The molecule has 3 heteroatoms. The highest BCUT2D eigenvalue weighted by Gasteiger charge is 2.48. The maximum absolute atomic E-state index is 5.75. The van der Waals surface area contributed by atoms with Gasteiger partial charge >= 0.3 is 0 Å². The third-order valence-corrected chi connectivity index (χ3v) is 2.81. The first-order chi connectivity index (χ1) is 5.95. The molecule has 2 saturated heterocycles. The Balaban J connectivity index is 1.91. The summed E-state index contributed by atoms with van der Waals surface area (Å²) in [6, 6.07) is 0. The third-order valence-electron chi connectivity index (χ3n) is 2.81. The summed E-state index contributed by atoms with van der Waals surface area (Å²) in [4.78, 5) is 0. The first-order valence-electron chi connectivity index (χ1n) is 4.50. The van der Waals surface area contributed by atoms with E-state index in [4.69, 9.17) is 14.2 Å². The van der Waals surface area contributed by atoms with E-state index in [1.165, 1.54) is 0 Å². The highest BCUT2D eigenvalue weighted by atomic mass is 16.7. The van der Waals surface area contributed by atoms with Crippen LogP contribution < -0.4 is 0 Å². The van der Waals surface area contributed by atoms with Gasteiger partial charge in [-0.3, -0.25) is 0 Å². The Kier molecular flexibility index (Phi) is 1.50. The standard InChI is InChI=1S/C9H12O3/c1-2-4-7-9-8(10-5-11-9)6(3-1)12-7/h1,3,6-9H,2,4-5H2. The molecule has 3 aliphatic heterocycles. The minimum absolute atomic E-state index is 0.144. The van der Waals surface area contributed by atoms with Gasteiger partial charge in [-0.05, 0) is 12.8 Å². The van der Waals surface area contributed by atoms with Crippen molar-refractivity contribution in [1.29, 1.82) is 0 Å².